The minimum atomic E-state index is -0.384. The van der Waals surface area contributed by atoms with E-state index in [-0.39, 0.29) is 41.6 Å². The second-order valence-corrected chi connectivity index (χ2v) is 12.1. The molecule has 0 saturated carbocycles. The number of carbonyl (C=O) groups is 2. The molecule has 2 amide bonds. The fourth-order valence-corrected chi connectivity index (χ4v) is 6.36. The van der Waals surface area contributed by atoms with Crippen molar-refractivity contribution >= 4 is 23.3 Å². The number of fused-ring (bicyclic) bond motifs is 3. The van der Waals surface area contributed by atoms with Gasteiger partial charge in [-0.2, -0.15) is 5.10 Å². The molecule has 11 heteroatoms. The number of nitrogens with one attached hydrogen (secondary N) is 1. The first-order valence-electron chi connectivity index (χ1n) is 14.1. The monoisotopic (exact) mass is 569 g/mol. The van der Waals surface area contributed by atoms with Crippen molar-refractivity contribution in [1.82, 2.24) is 23.9 Å². The summed E-state index contributed by atoms with van der Waals surface area (Å²) >= 11 is 0. The first kappa shape index (κ1) is 27.6. The van der Waals surface area contributed by atoms with E-state index in [9.17, 15) is 19.5 Å². The molecule has 0 saturated heterocycles. The highest BCUT2D eigenvalue weighted by atomic mass is 16.3. The lowest BCUT2D eigenvalue weighted by molar-refractivity contribution is -0.117. The van der Waals surface area contributed by atoms with Gasteiger partial charge in [0, 0.05) is 55.0 Å². The summed E-state index contributed by atoms with van der Waals surface area (Å²) in [6.07, 6.45) is 5.13. The zero-order valence-electron chi connectivity index (χ0n) is 24.6. The minimum absolute atomic E-state index is 0.0337. The smallest absolute Gasteiger partial charge is 0.276 e. The molecule has 0 fully saturated rings. The first-order chi connectivity index (χ1) is 20.0. The topological polar surface area (TPSA) is 127 Å². The van der Waals surface area contributed by atoms with E-state index in [1.165, 1.54) is 15.8 Å². The molecule has 0 spiro atoms. The average molecular weight is 570 g/mol. The number of pyridine rings is 2. The molecule has 5 heterocycles. The van der Waals surface area contributed by atoms with Crippen LogP contribution in [0.15, 0.2) is 41.5 Å². The predicted molar refractivity (Wildman–Crippen MR) is 158 cm³/mol. The van der Waals surface area contributed by atoms with Crippen molar-refractivity contribution in [2.45, 2.75) is 60.2 Å². The van der Waals surface area contributed by atoms with Gasteiger partial charge in [0.2, 0.25) is 5.91 Å². The number of carbonyl (C=O) groups excluding carboxylic acids is 2. The van der Waals surface area contributed by atoms with Gasteiger partial charge in [0.05, 0.1) is 12.3 Å². The summed E-state index contributed by atoms with van der Waals surface area (Å²) in [4.78, 5) is 45.7. The maximum Gasteiger partial charge on any atom is 0.276 e. The summed E-state index contributed by atoms with van der Waals surface area (Å²) < 4.78 is 5.11. The molecular formula is C31H35N7O4. The second-order valence-electron chi connectivity index (χ2n) is 12.1. The van der Waals surface area contributed by atoms with E-state index in [0.29, 0.717) is 41.3 Å². The number of hydrogen-bond acceptors (Lipinski definition) is 6. The molecule has 0 radical (unpaired) electrons. The molecule has 4 aromatic heterocycles. The Bertz CT molecular complexity index is 1810. The number of amides is 2. The zero-order chi connectivity index (χ0) is 29.9. The number of aromatic nitrogens is 5. The van der Waals surface area contributed by atoms with Crippen molar-refractivity contribution in [3.63, 3.8) is 0 Å². The summed E-state index contributed by atoms with van der Waals surface area (Å²) in [5.74, 6) is -0.146. The lowest BCUT2D eigenvalue weighted by Crippen LogP contribution is -2.41. The Labute approximate surface area is 243 Å². The highest BCUT2D eigenvalue weighted by Gasteiger charge is 2.37. The van der Waals surface area contributed by atoms with Crippen molar-refractivity contribution in [1.29, 1.82) is 0 Å². The summed E-state index contributed by atoms with van der Waals surface area (Å²) in [7, 11) is 1.60. The standard InChI is InChI=1S/C31H35N7O4/c1-18-10-19(2)38(34-18)16-27(40)33-24-11-21(15-35(5)29(24)41)22-6-7-32-28(23(22)17-39)37-9-8-36-25(30(37)42)12-20-13-31(3,4)14-26(20)36/h6-7,10-12,15,39H,8-9,13-14,16-17H2,1-5H3,(H,33,40). The molecule has 6 rings (SSSR count). The fraction of sp³-hybridized carbons (Fsp3) is 0.387. The van der Waals surface area contributed by atoms with Crippen molar-refractivity contribution in [3.05, 3.63) is 80.9 Å². The average Bonchev–Trinajstić information content (AvgIpc) is 3.54. The van der Waals surface area contributed by atoms with E-state index in [0.717, 1.165) is 24.2 Å². The number of aliphatic hydroxyl groups is 1. The molecule has 0 bridgehead atoms. The molecule has 2 N–H and O–H groups in total. The molecule has 1 aliphatic heterocycles. The van der Waals surface area contributed by atoms with E-state index in [4.69, 9.17) is 0 Å². The SMILES string of the molecule is Cc1cc(C)n(CC(=O)Nc2cc(-c3ccnc(N4CCn5c(cc6c5CC(C)(C)C6)C4=O)c3CO)cn(C)c2=O)n1. The number of hydrogen-bond donors (Lipinski definition) is 2. The Morgan fingerprint density at radius 1 is 1.12 bits per heavy atom. The molecule has 42 heavy (non-hydrogen) atoms. The maximum absolute atomic E-state index is 13.7. The normalized spacial score (nSPS) is 15.6. The summed E-state index contributed by atoms with van der Waals surface area (Å²) in [6.45, 7) is 8.89. The molecular weight excluding hydrogens is 534 g/mol. The van der Waals surface area contributed by atoms with Gasteiger partial charge in [-0.25, -0.2) is 4.98 Å². The van der Waals surface area contributed by atoms with Gasteiger partial charge in [-0.15, -0.1) is 0 Å². The molecule has 4 aromatic rings. The third kappa shape index (κ3) is 4.73. The molecule has 11 nitrogen and oxygen atoms in total. The first-order valence-corrected chi connectivity index (χ1v) is 14.1. The van der Waals surface area contributed by atoms with E-state index in [1.54, 1.807) is 41.2 Å². The Hall–Kier alpha value is -4.51. The highest BCUT2D eigenvalue weighted by Crippen LogP contribution is 2.40. The highest BCUT2D eigenvalue weighted by molar-refractivity contribution is 6.06. The fourth-order valence-electron chi connectivity index (χ4n) is 6.36. The van der Waals surface area contributed by atoms with Gasteiger partial charge < -0.3 is 19.6 Å². The van der Waals surface area contributed by atoms with Crippen LogP contribution in [0.5, 0.6) is 0 Å². The Morgan fingerprint density at radius 3 is 2.62 bits per heavy atom. The molecule has 0 unspecified atom stereocenters. The van der Waals surface area contributed by atoms with Crippen LogP contribution in [-0.4, -0.2) is 47.4 Å². The molecule has 0 aromatic carbocycles. The van der Waals surface area contributed by atoms with E-state index in [1.807, 2.05) is 26.0 Å². The second kappa shape index (κ2) is 10.1. The predicted octanol–water partition coefficient (Wildman–Crippen LogP) is 2.98. The lowest BCUT2D eigenvalue weighted by Gasteiger charge is -2.31. The summed E-state index contributed by atoms with van der Waals surface area (Å²) in [6, 6.07) is 7.22. The Morgan fingerprint density at radius 2 is 1.90 bits per heavy atom. The van der Waals surface area contributed by atoms with Crippen LogP contribution in [0, 0.1) is 19.3 Å². The largest absolute Gasteiger partial charge is 0.392 e. The van der Waals surface area contributed by atoms with Gasteiger partial charge in [-0.3, -0.25) is 24.0 Å². The quantitative estimate of drug-likeness (QED) is 0.368. The van der Waals surface area contributed by atoms with Gasteiger partial charge in [-0.1, -0.05) is 13.8 Å². The number of rotatable bonds is 6. The Kier molecular flexibility index (Phi) is 6.64. The number of aliphatic hydroxyl groups excluding tert-OH is 1. The van der Waals surface area contributed by atoms with Crippen LogP contribution < -0.4 is 15.8 Å². The van der Waals surface area contributed by atoms with Crippen molar-refractivity contribution in [2.75, 3.05) is 16.8 Å². The molecule has 0 atom stereocenters. The number of nitrogens with zero attached hydrogens (tertiary/aromatic N) is 6. The van der Waals surface area contributed by atoms with Crippen LogP contribution in [0.1, 0.15) is 52.5 Å². The van der Waals surface area contributed by atoms with Gasteiger partial charge in [0.25, 0.3) is 11.5 Å². The van der Waals surface area contributed by atoms with Crippen LogP contribution >= 0.6 is 0 Å². The van der Waals surface area contributed by atoms with Crippen molar-refractivity contribution in [3.8, 4) is 11.1 Å². The molecule has 1 aliphatic carbocycles. The van der Waals surface area contributed by atoms with Crippen LogP contribution in [-0.2, 0) is 44.4 Å². The van der Waals surface area contributed by atoms with Gasteiger partial charge in [0.15, 0.2) is 0 Å². The number of aryl methyl sites for hydroxylation is 3. The van der Waals surface area contributed by atoms with Crippen molar-refractivity contribution < 1.29 is 14.7 Å². The van der Waals surface area contributed by atoms with E-state index in [2.05, 4.69) is 33.8 Å². The zero-order valence-corrected chi connectivity index (χ0v) is 24.6. The third-order valence-electron chi connectivity index (χ3n) is 8.24. The Balaban J connectivity index is 1.32. The minimum Gasteiger partial charge on any atom is -0.392 e. The van der Waals surface area contributed by atoms with Crippen LogP contribution in [0.4, 0.5) is 11.5 Å². The van der Waals surface area contributed by atoms with Gasteiger partial charge >= 0.3 is 0 Å². The van der Waals surface area contributed by atoms with Crippen LogP contribution in [0.25, 0.3) is 11.1 Å². The summed E-state index contributed by atoms with van der Waals surface area (Å²) in [5, 5.41) is 17.6. The van der Waals surface area contributed by atoms with Crippen LogP contribution in [0.2, 0.25) is 0 Å². The maximum atomic E-state index is 13.7. The van der Waals surface area contributed by atoms with E-state index < -0.39 is 0 Å². The summed E-state index contributed by atoms with van der Waals surface area (Å²) in [5.41, 5.74) is 6.37. The van der Waals surface area contributed by atoms with Gasteiger partial charge in [0.1, 0.15) is 23.7 Å². The van der Waals surface area contributed by atoms with E-state index >= 15 is 0 Å². The van der Waals surface area contributed by atoms with Crippen molar-refractivity contribution in [2.24, 2.45) is 12.5 Å². The number of anilines is 2. The van der Waals surface area contributed by atoms with Crippen LogP contribution in [0.3, 0.4) is 0 Å². The van der Waals surface area contributed by atoms with Gasteiger partial charge in [-0.05, 0) is 67.5 Å². The molecule has 2 aliphatic rings. The third-order valence-corrected chi connectivity index (χ3v) is 8.24. The molecule has 218 valence electrons. The lowest BCUT2D eigenvalue weighted by atomic mass is 9.90.